The molecule has 9 nitrogen and oxygen atoms in total. The highest BCUT2D eigenvalue weighted by Gasteiger charge is 2.43. The van der Waals surface area contributed by atoms with E-state index in [4.69, 9.17) is 4.74 Å². The van der Waals surface area contributed by atoms with Crippen molar-refractivity contribution in [2.75, 3.05) is 6.61 Å². The van der Waals surface area contributed by atoms with Crippen LogP contribution in [0.2, 0.25) is 0 Å². The summed E-state index contributed by atoms with van der Waals surface area (Å²) in [5.41, 5.74) is 0.364. The molecule has 130 valence electrons. The van der Waals surface area contributed by atoms with E-state index in [1.54, 1.807) is 24.3 Å². The average molecular weight is 344 g/mol. The Bertz CT molecular complexity index is 954. The van der Waals surface area contributed by atoms with Crippen LogP contribution in [0.1, 0.15) is 6.23 Å². The smallest absolute Gasteiger partial charge is 0.299 e. The van der Waals surface area contributed by atoms with Gasteiger partial charge in [-0.1, -0.05) is 18.2 Å². The van der Waals surface area contributed by atoms with Gasteiger partial charge in [0.15, 0.2) is 11.7 Å². The Morgan fingerprint density at radius 3 is 2.60 bits per heavy atom. The van der Waals surface area contributed by atoms with Gasteiger partial charge < -0.3 is 20.1 Å². The van der Waals surface area contributed by atoms with Crippen molar-refractivity contribution in [3.05, 3.63) is 53.1 Å². The van der Waals surface area contributed by atoms with Gasteiger partial charge in [-0.15, -0.1) is 0 Å². The van der Waals surface area contributed by atoms with Gasteiger partial charge in [-0.25, -0.2) is 4.68 Å². The molecule has 0 amide bonds. The van der Waals surface area contributed by atoms with Gasteiger partial charge in [-0.3, -0.25) is 4.79 Å². The summed E-state index contributed by atoms with van der Waals surface area (Å²) in [6, 6.07) is 8.94. The van der Waals surface area contributed by atoms with Crippen molar-refractivity contribution in [1.29, 1.82) is 0 Å². The number of benzene rings is 1. The summed E-state index contributed by atoms with van der Waals surface area (Å²) in [6.45, 7) is -0.433. The lowest BCUT2D eigenvalue weighted by atomic mass is 10.1. The number of nitrogens with zero attached hydrogens (tertiary/aromatic N) is 4. The fourth-order valence-electron chi connectivity index (χ4n) is 2.92. The van der Waals surface area contributed by atoms with Gasteiger partial charge in [-0.05, 0) is 12.1 Å². The molecule has 3 aromatic rings. The summed E-state index contributed by atoms with van der Waals surface area (Å²) < 4.78 is 7.93. The van der Waals surface area contributed by atoms with Crippen LogP contribution in [0.4, 0.5) is 0 Å². The Morgan fingerprint density at radius 1 is 1.16 bits per heavy atom. The summed E-state index contributed by atoms with van der Waals surface area (Å²) >= 11 is 0. The summed E-state index contributed by atoms with van der Waals surface area (Å²) in [7, 11) is 0. The van der Waals surface area contributed by atoms with Crippen molar-refractivity contribution >= 4 is 10.9 Å². The number of aromatic nitrogens is 4. The third-order valence-corrected chi connectivity index (χ3v) is 4.25. The molecule has 0 radical (unpaired) electrons. The molecule has 1 aliphatic rings. The first-order chi connectivity index (χ1) is 12.1. The topological polar surface area (TPSA) is 123 Å². The van der Waals surface area contributed by atoms with E-state index in [-0.39, 0.29) is 5.52 Å². The molecular weight excluding hydrogens is 328 g/mol. The molecule has 0 bridgehead atoms. The number of aliphatic hydroxyl groups excluding tert-OH is 3. The van der Waals surface area contributed by atoms with Gasteiger partial charge >= 0.3 is 0 Å². The van der Waals surface area contributed by atoms with E-state index < -0.39 is 36.7 Å². The summed E-state index contributed by atoms with van der Waals surface area (Å²) in [5, 5.41) is 37.9. The fraction of sp³-hybridized carbons (Fsp3) is 0.312. The van der Waals surface area contributed by atoms with Crippen molar-refractivity contribution in [2.45, 2.75) is 24.5 Å². The first-order valence-corrected chi connectivity index (χ1v) is 7.75. The molecule has 0 spiro atoms. The second-order valence-corrected chi connectivity index (χ2v) is 5.84. The lowest BCUT2D eigenvalue weighted by molar-refractivity contribution is -0.0583. The largest absolute Gasteiger partial charge is 0.394 e. The Hall–Kier alpha value is -2.59. The quantitative estimate of drug-likeness (QED) is 0.568. The van der Waals surface area contributed by atoms with Gasteiger partial charge in [0.05, 0.1) is 18.5 Å². The molecule has 1 aromatic carbocycles. The molecule has 25 heavy (non-hydrogen) atoms. The molecule has 2 aromatic heterocycles. The average Bonchev–Trinajstić information content (AvgIpc) is 3.19. The first-order valence-electron chi connectivity index (χ1n) is 7.75. The number of fused-ring (bicyclic) bond motifs is 1. The van der Waals surface area contributed by atoms with Crippen LogP contribution in [0.15, 0.2) is 47.5 Å². The third-order valence-electron chi connectivity index (χ3n) is 4.25. The molecule has 9 heteroatoms. The Balaban J connectivity index is 1.77. The molecule has 4 rings (SSSR count). The highest BCUT2D eigenvalue weighted by atomic mass is 16.6. The standard InChI is InChI=1S/C16H16N4O5/c21-8-11-13(22)14(23)16(25-11)19-7-9-6-17-20(15(24)12(9)18-19)10-4-2-1-3-5-10/h1-7,11,13-14,16,21-23H,8H2/t11-,13-,14-,16-/m1/s1. The minimum Gasteiger partial charge on any atom is -0.394 e. The number of hydrogen-bond donors (Lipinski definition) is 3. The Labute approximate surface area is 141 Å². The zero-order valence-corrected chi connectivity index (χ0v) is 13.0. The van der Waals surface area contributed by atoms with E-state index in [0.717, 1.165) is 0 Å². The Morgan fingerprint density at radius 2 is 1.92 bits per heavy atom. The number of hydrogen-bond acceptors (Lipinski definition) is 7. The minimum absolute atomic E-state index is 0.164. The van der Waals surface area contributed by atoms with Crippen LogP contribution in [-0.2, 0) is 4.74 Å². The van der Waals surface area contributed by atoms with E-state index in [2.05, 4.69) is 10.2 Å². The van der Waals surface area contributed by atoms with Crippen molar-refractivity contribution in [3.63, 3.8) is 0 Å². The maximum Gasteiger partial charge on any atom is 0.299 e. The van der Waals surface area contributed by atoms with Crippen molar-refractivity contribution in [1.82, 2.24) is 19.6 Å². The van der Waals surface area contributed by atoms with Crippen LogP contribution in [-0.4, -0.2) is 59.8 Å². The van der Waals surface area contributed by atoms with E-state index >= 15 is 0 Å². The minimum atomic E-state index is -1.27. The van der Waals surface area contributed by atoms with E-state index in [9.17, 15) is 20.1 Å². The third kappa shape index (κ3) is 2.53. The second kappa shape index (κ2) is 6.05. The molecule has 3 heterocycles. The van der Waals surface area contributed by atoms with E-state index in [1.807, 2.05) is 6.07 Å². The number of rotatable bonds is 3. The normalized spacial score (nSPS) is 26.4. The zero-order valence-electron chi connectivity index (χ0n) is 13.0. The SMILES string of the molecule is O=c1c2nn([C@@H]3O[C@H](CO)[C@@H](O)[C@H]3O)cc2cnn1-c1ccccc1. The Kier molecular flexibility index (Phi) is 3.85. The molecular formula is C16H16N4O5. The predicted molar refractivity (Wildman–Crippen MR) is 86.1 cm³/mol. The number of para-hydroxylation sites is 1. The van der Waals surface area contributed by atoms with Crippen LogP contribution in [0.3, 0.4) is 0 Å². The molecule has 1 saturated heterocycles. The number of ether oxygens (including phenoxy) is 1. The lowest BCUT2D eigenvalue weighted by Gasteiger charge is -2.14. The predicted octanol–water partition coefficient (Wildman–Crippen LogP) is -0.806. The lowest BCUT2D eigenvalue weighted by Crippen LogP contribution is -2.33. The first kappa shape index (κ1) is 15.9. The van der Waals surface area contributed by atoms with Crippen LogP contribution in [0, 0.1) is 0 Å². The maximum atomic E-state index is 12.7. The number of aliphatic hydroxyl groups is 3. The maximum absolute atomic E-state index is 12.7. The summed E-state index contributed by atoms with van der Waals surface area (Å²) in [4.78, 5) is 12.7. The summed E-state index contributed by atoms with van der Waals surface area (Å²) in [5.74, 6) is 0. The highest BCUT2D eigenvalue weighted by molar-refractivity contribution is 5.76. The van der Waals surface area contributed by atoms with Gasteiger partial charge in [0.2, 0.25) is 0 Å². The van der Waals surface area contributed by atoms with Crippen LogP contribution >= 0.6 is 0 Å². The van der Waals surface area contributed by atoms with Crippen LogP contribution in [0.25, 0.3) is 16.6 Å². The van der Waals surface area contributed by atoms with Crippen molar-refractivity contribution < 1.29 is 20.1 Å². The molecule has 3 N–H and O–H groups in total. The molecule has 0 saturated carbocycles. The van der Waals surface area contributed by atoms with Crippen LogP contribution in [0.5, 0.6) is 0 Å². The van der Waals surface area contributed by atoms with Crippen molar-refractivity contribution in [3.8, 4) is 5.69 Å². The monoisotopic (exact) mass is 344 g/mol. The molecule has 1 fully saturated rings. The van der Waals surface area contributed by atoms with Gasteiger partial charge in [0.25, 0.3) is 5.56 Å². The van der Waals surface area contributed by atoms with Gasteiger partial charge in [0, 0.05) is 11.6 Å². The molecule has 0 unspecified atom stereocenters. The molecule has 1 aliphatic heterocycles. The van der Waals surface area contributed by atoms with Gasteiger partial charge in [-0.2, -0.15) is 14.9 Å². The summed E-state index contributed by atoms with van der Waals surface area (Å²) in [6.07, 6.45) is -1.40. The zero-order chi connectivity index (χ0) is 17.6. The van der Waals surface area contributed by atoms with E-state index in [0.29, 0.717) is 11.1 Å². The van der Waals surface area contributed by atoms with Crippen molar-refractivity contribution in [2.24, 2.45) is 0 Å². The van der Waals surface area contributed by atoms with E-state index in [1.165, 1.54) is 21.8 Å². The van der Waals surface area contributed by atoms with Crippen LogP contribution < -0.4 is 5.56 Å². The molecule has 4 atom stereocenters. The van der Waals surface area contributed by atoms with Gasteiger partial charge in [0.1, 0.15) is 18.3 Å². The molecule has 0 aliphatic carbocycles. The highest BCUT2D eigenvalue weighted by Crippen LogP contribution is 2.29. The second-order valence-electron chi connectivity index (χ2n) is 5.84. The fourth-order valence-corrected chi connectivity index (χ4v) is 2.92.